The molecule has 206 valence electrons. The van der Waals surface area contributed by atoms with Gasteiger partial charge in [0.25, 0.3) is 0 Å². The second-order valence-corrected chi connectivity index (χ2v) is 10.3. The highest BCUT2D eigenvalue weighted by molar-refractivity contribution is 5.69. The van der Waals surface area contributed by atoms with Gasteiger partial charge in [0.1, 0.15) is 6.10 Å². The summed E-state index contributed by atoms with van der Waals surface area (Å²) in [6, 6.07) is 0. The highest BCUT2D eigenvalue weighted by Gasteiger charge is 2.12. The van der Waals surface area contributed by atoms with Crippen molar-refractivity contribution >= 4 is 11.9 Å². The molecule has 1 N–H and O–H groups in total. The zero-order valence-electron chi connectivity index (χ0n) is 23.4. The van der Waals surface area contributed by atoms with Crippen LogP contribution in [-0.2, 0) is 14.3 Å². The summed E-state index contributed by atoms with van der Waals surface area (Å²) in [5.41, 5.74) is 0. The van der Waals surface area contributed by atoms with Gasteiger partial charge in [-0.3, -0.25) is 9.59 Å². The summed E-state index contributed by atoms with van der Waals surface area (Å²) in [5.74, 6) is -0.680. The summed E-state index contributed by atoms with van der Waals surface area (Å²) in [4.78, 5) is 22.6. The molecule has 0 aromatic carbocycles. The second-order valence-electron chi connectivity index (χ2n) is 10.3. The topological polar surface area (TPSA) is 63.6 Å². The van der Waals surface area contributed by atoms with Gasteiger partial charge in [0, 0.05) is 12.8 Å². The van der Waals surface area contributed by atoms with Crippen molar-refractivity contribution in [2.75, 3.05) is 0 Å². The second kappa shape index (κ2) is 27.3. The first-order valence-electron chi connectivity index (χ1n) is 15.2. The van der Waals surface area contributed by atoms with Gasteiger partial charge in [0.2, 0.25) is 0 Å². The predicted octanol–water partition coefficient (Wildman–Crippen LogP) is 9.94. The number of carboxylic acids is 1. The van der Waals surface area contributed by atoms with Crippen LogP contribution in [0, 0.1) is 0 Å². The number of allylic oxidation sites excluding steroid dienone is 2. The van der Waals surface area contributed by atoms with E-state index in [1.165, 1.54) is 89.9 Å². The maximum absolute atomic E-state index is 12.2. The Bertz CT molecular complexity index is 500. The SMILES string of the molecule is CCCC/C=C\CCCCCCCCC(=O)OC(CC)CCCCCCCCCCCCC(=O)O. The third kappa shape index (κ3) is 27.1. The van der Waals surface area contributed by atoms with E-state index < -0.39 is 5.97 Å². The van der Waals surface area contributed by atoms with Crippen molar-refractivity contribution in [3.63, 3.8) is 0 Å². The van der Waals surface area contributed by atoms with Gasteiger partial charge < -0.3 is 9.84 Å². The smallest absolute Gasteiger partial charge is 0.306 e. The standard InChI is InChI=1S/C31H58O4/c1-3-5-6-7-8-9-10-11-16-19-22-25-28-31(34)35-29(4-2)26-23-20-17-14-12-13-15-18-21-24-27-30(32)33/h7-8,29H,3-6,9-28H2,1-2H3,(H,32,33)/b8-7-. The minimum absolute atomic E-state index is 0.00239. The third-order valence-corrected chi connectivity index (χ3v) is 6.81. The van der Waals surface area contributed by atoms with Crippen molar-refractivity contribution in [1.29, 1.82) is 0 Å². The lowest BCUT2D eigenvalue weighted by atomic mass is 10.0. The fraction of sp³-hybridized carbons (Fsp3) is 0.871. The zero-order chi connectivity index (χ0) is 25.8. The van der Waals surface area contributed by atoms with Crippen LogP contribution in [0.15, 0.2) is 12.2 Å². The quantitative estimate of drug-likeness (QED) is 0.0701. The number of carbonyl (C=O) groups is 2. The van der Waals surface area contributed by atoms with Crippen molar-refractivity contribution in [2.45, 2.75) is 174 Å². The molecule has 4 nitrogen and oxygen atoms in total. The van der Waals surface area contributed by atoms with Crippen LogP contribution < -0.4 is 0 Å². The molecule has 0 aliphatic carbocycles. The Balaban J connectivity index is 3.47. The number of ether oxygens (including phenoxy) is 1. The molecule has 0 aliphatic rings. The molecule has 0 aliphatic heterocycles. The van der Waals surface area contributed by atoms with Crippen LogP contribution in [0.3, 0.4) is 0 Å². The molecule has 35 heavy (non-hydrogen) atoms. The van der Waals surface area contributed by atoms with Gasteiger partial charge >= 0.3 is 11.9 Å². The maximum Gasteiger partial charge on any atom is 0.306 e. The fourth-order valence-electron chi connectivity index (χ4n) is 4.45. The lowest BCUT2D eigenvalue weighted by Crippen LogP contribution is -2.17. The zero-order valence-corrected chi connectivity index (χ0v) is 23.4. The molecule has 0 aromatic rings. The monoisotopic (exact) mass is 494 g/mol. The maximum atomic E-state index is 12.2. The molecule has 0 amide bonds. The Morgan fingerprint density at radius 3 is 1.60 bits per heavy atom. The van der Waals surface area contributed by atoms with Crippen LogP contribution in [0.1, 0.15) is 168 Å². The van der Waals surface area contributed by atoms with Crippen molar-refractivity contribution in [3.05, 3.63) is 12.2 Å². The molecule has 0 saturated heterocycles. The third-order valence-electron chi connectivity index (χ3n) is 6.81. The van der Waals surface area contributed by atoms with Crippen LogP contribution in [0.2, 0.25) is 0 Å². The van der Waals surface area contributed by atoms with Crippen molar-refractivity contribution in [2.24, 2.45) is 0 Å². The number of carbonyl (C=O) groups excluding carboxylic acids is 1. The van der Waals surface area contributed by atoms with Crippen LogP contribution in [0.25, 0.3) is 0 Å². The van der Waals surface area contributed by atoms with E-state index in [2.05, 4.69) is 26.0 Å². The lowest BCUT2D eigenvalue weighted by molar-refractivity contribution is -0.149. The van der Waals surface area contributed by atoms with E-state index in [-0.39, 0.29) is 12.1 Å². The summed E-state index contributed by atoms with van der Waals surface area (Å²) in [6.07, 6.45) is 31.5. The fourth-order valence-corrected chi connectivity index (χ4v) is 4.45. The molecule has 0 heterocycles. The number of esters is 1. The molecule has 0 fully saturated rings. The Hall–Kier alpha value is -1.32. The van der Waals surface area contributed by atoms with E-state index in [0.29, 0.717) is 12.8 Å². The van der Waals surface area contributed by atoms with E-state index in [9.17, 15) is 9.59 Å². The first-order chi connectivity index (χ1) is 17.1. The number of unbranched alkanes of at least 4 members (excludes halogenated alkanes) is 17. The van der Waals surface area contributed by atoms with Gasteiger partial charge in [-0.15, -0.1) is 0 Å². The molecule has 0 rings (SSSR count). The van der Waals surface area contributed by atoms with Gasteiger partial charge in [-0.1, -0.05) is 116 Å². The van der Waals surface area contributed by atoms with Crippen LogP contribution in [-0.4, -0.2) is 23.1 Å². The van der Waals surface area contributed by atoms with Crippen LogP contribution in [0.4, 0.5) is 0 Å². The Labute approximate surface area is 217 Å². The number of hydrogen-bond acceptors (Lipinski definition) is 3. The average Bonchev–Trinajstić information content (AvgIpc) is 2.84. The molecule has 0 bridgehead atoms. The van der Waals surface area contributed by atoms with Gasteiger partial charge in [-0.05, 0) is 51.4 Å². The molecular weight excluding hydrogens is 436 g/mol. The predicted molar refractivity (Wildman–Crippen MR) is 149 cm³/mol. The molecule has 0 radical (unpaired) electrons. The lowest BCUT2D eigenvalue weighted by Gasteiger charge is -2.16. The molecular formula is C31H58O4. The van der Waals surface area contributed by atoms with Crippen LogP contribution in [0.5, 0.6) is 0 Å². The molecule has 1 unspecified atom stereocenters. The number of aliphatic carboxylic acids is 1. The van der Waals surface area contributed by atoms with Gasteiger partial charge in [-0.25, -0.2) is 0 Å². The van der Waals surface area contributed by atoms with Crippen molar-refractivity contribution in [3.8, 4) is 0 Å². The summed E-state index contributed by atoms with van der Waals surface area (Å²) >= 11 is 0. The Kier molecular flexibility index (Phi) is 26.2. The first kappa shape index (κ1) is 33.7. The van der Waals surface area contributed by atoms with Gasteiger partial charge in [0.05, 0.1) is 0 Å². The first-order valence-corrected chi connectivity index (χ1v) is 15.2. The minimum atomic E-state index is -0.678. The average molecular weight is 495 g/mol. The van der Waals surface area contributed by atoms with E-state index in [1.54, 1.807) is 0 Å². The van der Waals surface area contributed by atoms with Gasteiger partial charge in [0.15, 0.2) is 0 Å². The molecule has 0 aromatic heterocycles. The van der Waals surface area contributed by atoms with Crippen molar-refractivity contribution < 1.29 is 19.4 Å². The van der Waals surface area contributed by atoms with Crippen LogP contribution >= 0.6 is 0 Å². The summed E-state index contributed by atoms with van der Waals surface area (Å²) in [6.45, 7) is 4.36. The highest BCUT2D eigenvalue weighted by Crippen LogP contribution is 2.16. The van der Waals surface area contributed by atoms with Gasteiger partial charge in [-0.2, -0.15) is 0 Å². The van der Waals surface area contributed by atoms with E-state index >= 15 is 0 Å². The highest BCUT2D eigenvalue weighted by atomic mass is 16.5. The molecule has 1 atom stereocenters. The van der Waals surface area contributed by atoms with E-state index in [4.69, 9.17) is 9.84 Å². The normalized spacial score (nSPS) is 12.3. The summed E-state index contributed by atoms with van der Waals surface area (Å²) in [5, 5.41) is 8.63. The largest absolute Gasteiger partial charge is 0.481 e. The number of rotatable bonds is 27. The molecule has 4 heteroatoms. The van der Waals surface area contributed by atoms with Crippen molar-refractivity contribution in [1.82, 2.24) is 0 Å². The minimum Gasteiger partial charge on any atom is -0.481 e. The number of hydrogen-bond donors (Lipinski definition) is 1. The summed E-state index contributed by atoms with van der Waals surface area (Å²) < 4.78 is 5.72. The Morgan fingerprint density at radius 2 is 1.09 bits per heavy atom. The molecule has 0 spiro atoms. The summed E-state index contributed by atoms with van der Waals surface area (Å²) in [7, 11) is 0. The number of carboxylic acid groups (broad SMARTS) is 1. The van der Waals surface area contributed by atoms with E-state index in [0.717, 1.165) is 51.4 Å². The Morgan fingerprint density at radius 1 is 0.629 bits per heavy atom. The molecule has 0 saturated carbocycles. The van der Waals surface area contributed by atoms with E-state index in [1.807, 2.05) is 0 Å².